The van der Waals surface area contributed by atoms with Gasteiger partial charge in [0.05, 0.1) is 0 Å². The van der Waals surface area contributed by atoms with Crippen LogP contribution >= 0.6 is 0 Å². The molecule has 0 fully saturated rings. The van der Waals surface area contributed by atoms with Crippen molar-refractivity contribution >= 4 is 17.9 Å². The molecule has 0 bridgehead atoms. The summed E-state index contributed by atoms with van der Waals surface area (Å²) in [6, 6.07) is 0. The first kappa shape index (κ1) is 68.4. The highest BCUT2D eigenvalue weighted by Crippen LogP contribution is 2.18. The van der Waals surface area contributed by atoms with E-state index in [2.05, 4.69) is 63.3 Å². The molecule has 0 saturated carbocycles. The van der Waals surface area contributed by atoms with Crippen LogP contribution in [-0.4, -0.2) is 37.2 Å². The zero-order chi connectivity index (χ0) is 51.4. The average molecular weight is 996 g/mol. The Labute approximate surface area is 441 Å². The van der Waals surface area contributed by atoms with Crippen molar-refractivity contribution in [2.75, 3.05) is 13.2 Å². The zero-order valence-electron chi connectivity index (χ0n) is 47.5. The Kier molecular flexibility index (Phi) is 57.7. The summed E-state index contributed by atoms with van der Waals surface area (Å²) < 4.78 is 16.8. The lowest BCUT2D eigenvalue weighted by atomic mass is 10.0. The topological polar surface area (TPSA) is 78.9 Å². The maximum absolute atomic E-state index is 12.8. The van der Waals surface area contributed by atoms with Gasteiger partial charge in [0.1, 0.15) is 13.2 Å². The van der Waals surface area contributed by atoms with Gasteiger partial charge in [-0.1, -0.05) is 313 Å². The van der Waals surface area contributed by atoms with Crippen LogP contribution in [0.4, 0.5) is 0 Å². The van der Waals surface area contributed by atoms with Crippen LogP contribution in [0.5, 0.6) is 0 Å². The van der Waals surface area contributed by atoms with E-state index in [0.717, 1.165) is 64.2 Å². The Bertz CT molecular complexity index is 1230. The molecule has 0 aliphatic carbocycles. The quantitative estimate of drug-likeness (QED) is 0.0261. The Morgan fingerprint density at radius 2 is 0.549 bits per heavy atom. The lowest BCUT2D eigenvalue weighted by Gasteiger charge is -2.18. The third-order valence-electron chi connectivity index (χ3n) is 13.9. The summed E-state index contributed by atoms with van der Waals surface area (Å²) >= 11 is 0. The first-order valence-corrected chi connectivity index (χ1v) is 31.1. The third-order valence-corrected chi connectivity index (χ3v) is 13.9. The van der Waals surface area contributed by atoms with Crippen LogP contribution < -0.4 is 0 Å². The molecule has 0 spiro atoms. The smallest absolute Gasteiger partial charge is 0.306 e. The second-order valence-corrected chi connectivity index (χ2v) is 21.0. The van der Waals surface area contributed by atoms with Gasteiger partial charge in [-0.25, -0.2) is 0 Å². The number of hydrogen-bond acceptors (Lipinski definition) is 6. The second-order valence-electron chi connectivity index (χ2n) is 21.0. The van der Waals surface area contributed by atoms with Crippen molar-refractivity contribution in [1.82, 2.24) is 0 Å². The zero-order valence-corrected chi connectivity index (χ0v) is 47.5. The molecule has 0 amide bonds. The van der Waals surface area contributed by atoms with Gasteiger partial charge in [-0.3, -0.25) is 14.4 Å². The molecule has 0 heterocycles. The van der Waals surface area contributed by atoms with Crippen LogP contribution in [-0.2, 0) is 28.6 Å². The van der Waals surface area contributed by atoms with Crippen molar-refractivity contribution < 1.29 is 28.6 Å². The maximum atomic E-state index is 12.8. The second kappa shape index (κ2) is 59.9. The molecule has 414 valence electrons. The molecule has 1 unspecified atom stereocenters. The maximum Gasteiger partial charge on any atom is 0.306 e. The van der Waals surface area contributed by atoms with Crippen molar-refractivity contribution in [1.29, 1.82) is 0 Å². The average Bonchev–Trinajstić information content (AvgIpc) is 3.37. The van der Waals surface area contributed by atoms with Crippen molar-refractivity contribution in [2.45, 2.75) is 335 Å². The summed E-state index contributed by atoms with van der Waals surface area (Å²) in [6.07, 6.45) is 74.3. The predicted molar refractivity (Wildman–Crippen MR) is 307 cm³/mol. The standard InChI is InChI=1S/C65H118O6/c1-4-7-10-13-16-19-22-25-27-28-29-30-31-32-33-34-35-36-37-38-41-43-46-49-52-55-58-64(67)70-61-62(60-69-63(66)57-54-51-48-45-42-39-24-21-18-15-12-9-6-3)71-65(68)59-56-53-50-47-44-40-26-23-20-17-14-11-8-5-2/h9,12,18,21,39,42,48,51,62H,4-8,10-11,13-17,19-20,22-38,40-41,43-47,49-50,52-61H2,1-3H3/b12-9-,21-18-,42-39-,51-48-. The Morgan fingerprint density at radius 1 is 0.296 bits per heavy atom. The number of hydrogen-bond donors (Lipinski definition) is 0. The molecule has 0 N–H and O–H groups in total. The lowest BCUT2D eigenvalue weighted by molar-refractivity contribution is -0.166. The highest BCUT2D eigenvalue weighted by molar-refractivity contribution is 5.71. The number of esters is 3. The molecule has 0 rings (SSSR count). The van der Waals surface area contributed by atoms with E-state index in [1.165, 1.54) is 218 Å². The number of allylic oxidation sites excluding steroid dienone is 8. The first-order valence-electron chi connectivity index (χ1n) is 31.1. The minimum atomic E-state index is -0.798. The van der Waals surface area contributed by atoms with Gasteiger partial charge in [0, 0.05) is 19.3 Å². The van der Waals surface area contributed by atoms with Crippen LogP contribution in [0.1, 0.15) is 329 Å². The molecule has 0 aliphatic heterocycles. The third kappa shape index (κ3) is 58.1. The molecule has 71 heavy (non-hydrogen) atoms. The molecule has 1 atom stereocenters. The molecular formula is C65H118O6. The summed E-state index contributed by atoms with van der Waals surface area (Å²) in [5.74, 6) is -0.957. The fourth-order valence-electron chi connectivity index (χ4n) is 9.22. The highest BCUT2D eigenvalue weighted by atomic mass is 16.6. The van der Waals surface area contributed by atoms with Gasteiger partial charge >= 0.3 is 17.9 Å². The largest absolute Gasteiger partial charge is 0.462 e. The summed E-state index contributed by atoms with van der Waals surface area (Å²) in [7, 11) is 0. The van der Waals surface area contributed by atoms with Gasteiger partial charge in [0.2, 0.25) is 0 Å². The van der Waals surface area contributed by atoms with Gasteiger partial charge in [-0.2, -0.15) is 0 Å². The number of carbonyl (C=O) groups is 3. The summed E-state index contributed by atoms with van der Waals surface area (Å²) in [6.45, 7) is 6.51. The number of carbonyl (C=O) groups excluding carboxylic acids is 3. The van der Waals surface area contributed by atoms with Gasteiger partial charge < -0.3 is 14.2 Å². The van der Waals surface area contributed by atoms with E-state index < -0.39 is 6.10 Å². The van der Waals surface area contributed by atoms with E-state index in [0.29, 0.717) is 19.3 Å². The van der Waals surface area contributed by atoms with Crippen LogP contribution in [0, 0.1) is 0 Å². The fourth-order valence-corrected chi connectivity index (χ4v) is 9.22. The van der Waals surface area contributed by atoms with E-state index in [9.17, 15) is 14.4 Å². The van der Waals surface area contributed by atoms with E-state index in [4.69, 9.17) is 14.2 Å². The molecule has 6 heteroatoms. The molecule has 0 aliphatic rings. The summed E-state index contributed by atoms with van der Waals surface area (Å²) in [4.78, 5) is 38.1. The fraction of sp³-hybridized carbons (Fsp3) is 0.831. The normalized spacial score (nSPS) is 12.3. The molecule has 0 saturated heterocycles. The highest BCUT2D eigenvalue weighted by Gasteiger charge is 2.19. The van der Waals surface area contributed by atoms with Crippen molar-refractivity contribution in [3.05, 3.63) is 48.6 Å². The van der Waals surface area contributed by atoms with Gasteiger partial charge in [-0.05, 0) is 44.9 Å². The van der Waals surface area contributed by atoms with Gasteiger partial charge in [0.15, 0.2) is 6.10 Å². The lowest BCUT2D eigenvalue weighted by Crippen LogP contribution is -2.30. The van der Waals surface area contributed by atoms with E-state index in [1.807, 2.05) is 6.08 Å². The van der Waals surface area contributed by atoms with E-state index in [-0.39, 0.29) is 37.5 Å². The minimum absolute atomic E-state index is 0.0903. The molecule has 0 aromatic heterocycles. The number of unbranched alkanes of at least 4 members (excludes halogenated alkanes) is 38. The van der Waals surface area contributed by atoms with E-state index >= 15 is 0 Å². The van der Waals surface area contributed by atoms with E-state index in [1.54, 1.807) is 0 Å². The van der Waals surface area contributed by atoms with Gasteiger partial charge in [-0.15, -0.1) is 0 Å². The number of rotatable bonds is 57. The molecular weight excluding hydrogens is 877 g/mol. The first-order chi connectivity index (χ1) is 35.0. The Morgan fingerprint density at radius 3 is 0.859 bits per heavy atom. The Balaban J connectivity index is 4.22. The Hall–Kier alpha value is -2.63. The van der Waals surface area contributed by atoms with Gasteiger partial charge in [0.25, 0.3) is 0 Å². The van der Waals surface area contributed by atoms with Crippen LogP contribution in [0.2, 0.25) is 0 Å². The number of ether oxygens (including phenoxy) is 3. The van der Waals surface area contributed by atoms with Crippen LogP contribution in [0.15, 0.2) is 48.6 Å². The van der Waals surface area contributed by atoms with Crippen LogP contribution in [0.25, 0.3) is 0 Å². The van der Waals surface area contributed by atoms with Crippen molar-refractivity contribution in [3.8, 4) is 0 Å². The molecule has 0 aromatic carbocycles. The predicted octanol–water partition coefficient (Wildman–Crippen LogP) is 21.0. The molecule has 6 nitrogen and oxygen atoms in total. The minimum Gasteiger partial charge on any atom is -0.462 e. The summed E-state index contributed by atoms with van der Waals surface area (Å²) in [5, 5.41) is 0. The monoisotopic (exact) mass is 995 g/mol. The summed E-state index contributed by atoms with van der Waals surface area (Å²) in [5.41, 5.74) is 0. The SMILES string of the molecule is CC/C=C\C/C=C\C/C=C\C/C=C\CCC(=O)OCC(COC(=O)CCCCCCCCCCCCCCCCCCCCCCCCCCCC)OC(=O)CCCCCCCCCCCCCCCC. The van der Waals surface area contributed by atoms with Crippen LogP contribution in [0.3, 0.4) is 0 Å². The van der Waals surface area contributed by atoms with Crippen molar-refractivity contribution in [2.24, 2.45) is 0 Å². The molecule has 0 aromatic rings. The van der Waals surface area contributed by atoms with Crippen molar-refractivity contribution in [3.63, 3.8) is 0 Å². The molecule has 0 radical (unpaired) electrons.